The second-order valence-corrected chi connectivity index (χ2v) is 20.9. The van der Waals surface area contributed by atoms with Gasteiger partial charge in [0.05, 0.1) is 0 Å². The fourth-order valence-corrected chi connectivity index (χ4v) is 14.8. The Labute approximate surface area is 133 Å². The van der Waals surface area contributed by atoms with Gasteiger partial charge in [0.25, 0.3) is 0 Å². The number of aliphatic carboxylic acids is 2. The van der Waals surface area contributed by atoms with Crippen LogP contribution in [0, 0.1) is 0 Å². The minimum atomic E-state index is -1.54. The Morgan fingerprint density at radius 3 is 1.33 bits per heavy atom. The van der Waals surface area contributed by atoms with Crippen molar-refractivity contribution in [2.24, 2.45) is 0 Å². The Hall–Kier alpha value is -0.521. The molecule has 5 heteroatoms. The second-order valence-electron chi connectivity index (χ2n) is 5.42. The molecule has 0 aromatic rings. The van der Waals surface area contributed by atoms with Crippen molar-refractivity contribution in [1.29, 1.82) is 0 Å². The van der Waals surface area contributed by atoms with E-state index >= 15 is 0 Å². The molecule has 0 fully saturated rings. The summed E-state index contributed by atoms with van der Waals surface area (Å²) in [4.78, 5) is 19.1. The zero-order valence-corrected chi connectivity index (χ0v) is 16.9. The van der Waals surface area contributed by atoms with Crippen molar-refractivity contribution < 1.29 is 19.8 Å². The summed E-state index contributed by atoms with van der Waals surface area (Å²) >= 11 is -1.54. The first-order valence-electron chi connectivity index (χ1n) is 8.01. The number of hydrogen-bond acceptors (Lipinski definition) is 2. The molecule has 0 spiro atoms. The molecule has 0 rings (SSSR count). The molecule has 0 aromatic carbocycles. The third-order valence-corrected chi connectivity index (χ3v) is 20.6. The van der Waals surface area contributed by atoms with Gasteiger partial charge >= 0.3 is 101 Å². The third kappa shape index (κ3) is 14.2. The molecule has 0 aliphatic carbocycles. The second kappa shape index (κ2) is 14.4. The average Bonchev–Trinajstić information content (AvgIpc) is 2.47. The van der Waals surface area contributed by atoms with Gasteiger partial charge in [0.15, 0.2) is 0 Å². The van der Waals surface area contributed by atoms with Crippen LogP contribution < -0.4 is 0 Å². The number of rotatable bonds is 10. The molecule has 0 aliphatic rings. The van der Waals surface area contributed by atoms with Crippen molar-refractivity contribution >= 4 is 30.3 Å². The summed E-state index contributed by atoms with van der Waals surface area (Å²) in [6.45, 7) is 9.60. The number of hydrogen-bond donors (Lipinski definition) is 2. The number of carboxylic acids is 2. The van der Waals surface area contributed by atoms with Crippen molar-refractivity contribution in [3.05, 3.63) is 12.2 Å². The summed E-state index contributed by atoms with van der Waals surface area (Å²) in [7, 11) is 0. The smallest absolute Gasteiger partial charge is 0.328 e. The molecule has 0 unspecified atom stereocenters. The van der Waals surface area contributed by atoms with Crippen LogP contribution in [-0.4, -0.2) is 40.5 Å². The van der Waals surface area contributed by atoms with Crippen LogP contribution in [0.5, 0.6) is 0 Å². The molecule has 0 atom stereocenters. The first-order valence-corrected chi connectivity index (χ1v) is 16.1. The summed E-state index contributed by atoms with van der Waals surface area (Å²) < 4.78 is 6.51. The number of carboxylic acid groups (broad SMARTS) is 2. The van der Waals surface area contributed by atoms with Gasteiger partial charge in [-0.3, -0.25) is 0 Å². The van der Waals surface area contributed by atoms with E-state index in [1.807, 2.05) is 0 Å². The topological polar surface area (TPSA) is 74.6 Å². The van der Waals surface area contributed by atoms with E-state index in [2.05, 4.69) is 27.7 Å². The van der Waals surface area contributed by atoms with Gasteiger partial charge < -0.3 is 10.2 Å². The van der Waals surface area contributed by atoms with Crippen molar-refractivity contribution in [2.75, 3.05) is 0 Å². The fraction of sp³-hybridized carbons (Fsp3) is 0.750. The van der Waals surface area contributed by atoms with Crippen LogP contribution in [0.15, 0.2) is 12.2 Å². The van der Waals surface area contributed by atoms with Crippen molar-refractivity contribution in [3.63, 3.8) is 0 Å². The molecule has 124 valence electrons. The van der Waals surface area contributed by atoms with E-state index in [9.17, 15) is 9.59 Å². The summed E-state index contributed by atoms with van der Waals surface area (Å²) in [5.74, 6) is -2.51. The van der Waals surface area contributed by atoms with Gasteiger partial charge in [0.2, 0.25) is 0 Å². The molecule has 0 aliphatic heterocycles. The third-order valence-electron chi connectivity index (χ3n) is 3.99. The average molecular weight is 407 g/mol. The predicted octanol–water partition coefficient (Wildman–Crippen LogP) is 4.79. The van der Waals surface area contributed by atoms with Crippen LogP contribution in [0.2, 0.25) is 17.7 Å². The van der Waals surface area contributed by atoms with E-state index in [0.29, 0.717) is 12.2 Å². The SMILES string of the molecule is CCC[CH2][Sn]([CH2]C)([CH2]C)[CH2]CCC.O=C(O)/C=C\C(=O)O. The van der Waals surface area contributed by atoms with Crippen molar-refractivity contribution in [3.8, 4) is 0 Å². The van der Waals surface area contributed by atoms with Crippen molar-refractivity contribution in [1.82, 2.24) is 0 Å². The maximum atomic E-state index is 9.55. The van der Waals surface area contributed by atoms with Crippen LogP contribution in [-0.2, 0) is 9.59 Å². The molecule has 0 aromatic heterocycles. The number of carbonyl (C=O) groups is 2. The van der Waals surface area contributed by atoms with Gasteiger partial charge in [-0.05, 0) is 0 Å². The van der Waals surface area contributed by atoms with E-state index in [0.717, 1.165) is 0 Å². The predicted molar refractivity (Wildman–Crippen MR) is 90.6 cm³/mol. The first-order chi connectivity index (χ1) is 9.87. The first kappa shape index (κ1) is 22.8. The Morgan fingerprint density at radius 2 is 1.14 bits per heavy atom. The monoisotopic (exact) mass is 408 g/mol. The molecule has 21 heavy (non-hydrogen) atoms. The summed E-state index contributed by atoms with van der Waals surface area (Å²) in [6.07, 6.45) is 6.96. The van der Waals surface area contributed by atoms with Gasteiger partial charge in [-0.15, -0.1) is 0 Å². The van der Waals surface area contributed by atoms with E-state index in [1.165, 1.54) is 25.7 Å². The van der Waals surface area contributed by atoms with Crippen molar-refractivity contribution in [2.45, 2.75) is 71.1 Å². The Balaban J connectivity index is 0. The minimum Gasteiger partial charge on any atom is -0.478 e. The summed E-state index contributed by atoms with van der Waals surface area (Å²) in [5.41, 5.74) is 0. The van der Waals surface area contributed by atoms with Gasteiger partial charge in [0.1, 0.15) is 0 Å². The van der Waals surface area contributed by atoms with Gasteiger partial charge in [-0.2, -0.15) is 0 Å². The van der Waals surface area contributed by atoms with E-state index in [4.69, 9.17) is 10.2 Å². The molecule has 0 heterocycles. The maximum absolute atomic E-state index is 9.55. The normalized spacial score (nSPS) is 11.0. The standard InChI is InChI=1S/C4H4O4.2C4H9.2C2H5.Sn/c5-3(6)1-2-4(7)8;2*1-3-4-2;2*1-2;/h1-2H,(H,5,6)(H,7,8);2*1,3-4H2,2H3;2*1H2,2H3;/b2-1-;;;;;. The van der Waals surface area contributed by atoms with Gasteiger partial charge in [0, 0.05) is 12.2 Å². The summed E-state index contributed by atoms with van der Waals surface area (Å²) in [6, 6.07) is 0. The summed E-state index contributed by atoms with van der Waals surface area (Å²) in [5, 5.41) is 15.6. The molecular weight excluding hydrogens is 375 g/mol. The maximum Gasteiger partial charge on any atom is 0.328 e. The Morgan fingerprint density at radius 1 is 0.810 bits per heavy atom. The fourth-order valence-electron chi connectivity index (χ4n) is 2.33. The van der Waals surface area contributed by atoms with Crippen LogP contribution in [0.25, 0.3) is 0 Å². The molecule has 2 N–H and O–H groups in total. The van der Waals surface area contributed by atoms with Gasteiger partial charge in [-0.1, -0.05) is 0 Å². The van der Waals surface area contributed by atoms with E-state index in [1.54, 1.807) is 17.7 Å². The molecular formula is C16H32O4Sn. The Kier molecular flexibility index (Phi) is 15.6. The zero-order valence-electron chi connectivity index (χ0n) is 14.0. The zero-order chi connectivity index (χ0) is 16.7. The van der Waals surface area contributed by atoms with E-state index in [-0.39, 0.29) is 0 Å². The molecule has 0 radical (unpaired) electrons. The minimum absolute atomic E-state index is 0.558. The number of unbranched alkanes of at least 4 members (excludes halogenated alkanes) is 2. The van der Waals surface area contributed by atoms with Gasteiger partial charge in [-0.25, -0.2) is 9.59 Å². The van der Waals surface area contributed by atoms with Crippen LogP contribution in [0.1, 0.15) is 53.4 Å². The molecule has 0 bridgehead atoms. The molecule has 0 saturated heterocycles. The Bertz CT molecular complexity index is 283. The quantitative estimate of drug-likeness (QED) is 0.404. The largest absolute Gasteiger partial charge is 0.478 e. The van der Waals surface area contributed by atoms with Crippen LogP contribution in [0.4, 0.5) is 0 Å². The molecule has 4 nitrogen and oxygen atoms in total. The van der Waals surface area contributed by atoms with Crippen LogP contribution >= 0.6 is 0 Å². The van der Waals surface area contributed by atoms with E-state index < -0.39 is 30.3 Å². The van der Waals surface area contributed by atoms with Crippen LogP contribution in [0.3, 0.4) is 0 Å². The molecule has 0 saturated carbocycles. The molecule has 0 amide bonds.